The molecule has 4 heterocycles. The van der Waals surface area contributed by atoms with E-state index in [4.69, 9.17) is 9.72 Å². The largest absolute Gasteiger partial charge is 0.444 e. The number of H-pyrrole nitrogens is 1. The molecule has 0 spiro atoms. The summed E-state index contributed by atoms with van der Waals surface area (Å²) < 4.78 is 6.75. The maximum Gasteiger partial charge on any atom is 0.410 e. The van der Waals surface area contributed by atoms with Gasteiger partial charge >= 0.3 is 6.09 Å². The van der Waals surface area contributed by atoms with Gasteiger partial charge in [0.1, 0.15) is 17.6 Å². The Morgan fingerprint density at radius 2 is 2.03 bits per heavy atom. The van der Waals surface area contributed by atoms with Crippen LogP contribution in [-0.2, 0) is 10.3 Å². The predicted molar refractivity (Wildman–Crippen MR) is 153 cm³/mol. The van der Waals surface area contributed by atoms with E-state index in [2.05, 4.69) is 68.8 Å². The van der Waals surface area contributed by atoms with Crippen molar-refractivity contribution in [1.29, 1.82) is 0 Å². The minimum absolute atomic E-state index is 0.269. The molecular weight excluding hydrogens is 500 g/mol. The summed E-state index contributed by atoms with van der Waals surface area (Å²) in [6.07, 6.45) is 4.53. The molecule has 38 heavy (non-hydrogen) atoms. The highest BCUT2D eigenvalue weighted by atomic mass is 32.1. The first-order chi connectivity index (χ1) is 18.1. The van der Waals surface area contributed by atoms with Crippen LogP contribution in [0.2, 0.25) is 0 Å². The van der Waals surface area contributed by atoms with Crippen molar-refractivity contribution in [2.24, 2.45) is 0 Å². The molecule has 1 aromatic carbocycles. The lowest BCUT2D eigenvalue weighted by atomic mass is 9.84. The lowest BCUT2D eigenvalue weighted by molar-refractivity contribution is 0.0174. The second-order valence-corrected chi connectivity index (χ2v) is 12.1. The molecular formula is C27H36N8O2S. The van der Waals surface area contributed by atoms with E-state index in [-0.39, 0.29) is 6.09 Å². The van der Waals surface area contributed by atoms with Crippen molar-refractivity contribution in [3.63, 3.8) is 0 Å². The summed E-state index contributed by atoms with van der Waals surface area (Å²) in [6.45, 7) is 8.62. The Hall–Kier alpha value is -3.44. The minimum Gasteiger partial charge on any atom is -0.444 e. The molecule has 1 saturated heterocycles. The number of hydrogen-bond acceptors (Lipinski definition) is 9. The molecule has 5 rings (SSSR count). The first-order valence-corrected chi connectivity index (χ1v) is 13.8. The van der Waals surface area contributed by atoms with Crippen LogP contribution in [0.5, 0.6) is 0 Å². The van der Waals surface area contributed by atoms with E-state index in [1.165, 1.54) is 0 Å². The Morgan fingerprint density at radius 3 is 2.74 bits per heavy atom. The van der Waals surface area contributed by atoms with Crippen LogP contribution in [0.15, 0.2) is 36.8 Å². The van der Waals surface area contributed by atoms with E-state index < -0.39 is 11.1 Å². The molecule has 0 bridgehead atoms. The van der Waals surface area contributed by atoms with Gasteiger partial charge in [0.05, 0.1) is 15.8 Å². The fraction of sp³-hybridized carbons (Fsp3) is 0.481. The normalized spacial score (nSPS) is 15.8. The molecule has 3 N–H and O–H groups in total. The third-order valence-corrected chi connectivity index (χ3v) is 7.66. The number of carbonyl (C=O) groups is 1. The van der Waals surface area contributed by atoms with E-state index in [9.17, 15) is 4.79 Å². The lowest BCUT2D eigenvalue weighted by Crippen LogP contribution is -2.50. The van der Waals surface area contributed by atoms with Crippen molar-refractivity contribution in [1.82, 2.24) is 29.7 Å². The summed E-state index contributed by atoms with van der Waals surface area (Å²) in [5.74, 6) is 0. The molecule has 3 aromatic heterocycles. The van der Waals surface area contributed by atoms with Crippen molar-refractivity contribution in [2.75, 3.05) is 50.9 Å². The topological polar surface area (TPSA) is 111 Å². The summed E-state index contributed by atoms with van der Waals surface area (Å²) >= 11 is 1.66. The van der Waals surface area contributed by atoms with Crippen molar-refractivity contribution in [3.8, 4) is 0 Å². The highest BCUT2D eigenvalue weighted by molar-refractivity contribution is 7.22. The summed E-state index contributed by atoms with van der Waals surface area (Å²) in [4.78, 5) is 33.5. The number of aromatic amines is 1. The van der Waals surface area contributed by atoms with Gasteiger partial charge in [-0.15, -0.1) is 0 Å². The zero-order chi connectivity index (χ0) is 26.9. The van der Waals surface area contributed by atoms with E-state index in [1.807, 2.05) is 27.0 Å². The number of carbonyl (C=O) groups excluding carboxylic acids is 1. The number of nitrogens with one attached hydrogen (secondary N) is 3. The molecule has 4 aromatic rings. The maximum atomic E-state index is 12.8. The van der Waals surface area contributed by atoms with Gasteiger partial charge in [0, 0.05) is 49.1 Å². The molecule has 10 nitrogen and oxygen atoms in total. The molecule has 0 atom stereocenters. The van der Waals surface area contributed by atoms with Gasteiger partial charge in [-0.1, -0.05) is 11.3 Å². The van der Waals surface area contributed by atoms with Gasteiger partial charge in [-0.05, 0) is 72.0 Å². The standard InChI is InChI=1S/C27H36N8O2S/c1-26(2,3)37-25(36)35-11-8-27(9-12-35,22-14-18-16-28-17-30-23(18)32-22)33-19-6-7-20-21(15-19)38-24(31-20)29-10-13-34(4)5/h6-7,14-17,33H,8-13H2,1-5H3,(H,29,31)(H,28,30,32). The fourth-order valence-corrected chi connectivity index (χ4v) is 5.66. The number of rotatable bonds is 7. The summed E-state index contributed by atoms with van der Waals surface area (Å²) in [5, 5.41) is 9.14. The molecule has 1 aliphatic rings. The van der Waals surface area contributed by atoms with E-state index in [0.717, 1.165) is 50.9 Å². The van der Waals surface area contributed by atoms with Gasteiger partial charge in [0.2, 0.25) is 0 Å². The van der Waals surface area contributed by atoms with Gasteiger partial charge in [0.25, 0.3) is 0 Å². The SMILES string of the molecule is CN(C)CCNc1nc2ccc(NC3(c4cc5cncnc5[nH]4)CCN(C(=O)OC(C)(C)C)CC3)cc2s1. The average Bonchev–Trinajstić information content (AvgIpc) is 3.47. The van der Waals surface area contributed by atoms with E-state index >= 15 is 0 Å². The molecule has 0 unspecified atom stereocenters. The third kappa shape index (κ3) is 5.83. The number of ether oxygens (including phenoxy) is 1. The summed E-state index contributed by atoms with van der Waals surface area (Å²) in [7, 11) is 4.12. The first kappa shape index (κ1) is 26.2. The average molecular weight is 537 g/mol. The highest BCUT2D eigenvalue weighted by Crippen LogP contribution is 2.39. The Bertz CT molecular complexity index is 1380. The van der Waals surface area contributed by atoms with Crippen molar-refractivity contribution in [2.45, 2.75) is 44.8 Å². The number of fused-ring (bicyclic) bond motifs is 2. The van der Waals surface area contributed by atoms with Gasteiger partial charge in [-0.3, -0.25) is 0 Å². The molecule has 11 heteroatoms. The number of anilines is 2. The summed E-state index contributed by atoms with van der Waals surface area (Å²) in [5.41, 5.74) is 2.89. The van der Waals surface area contributed by atoms with Crippen molar-refractivity contribution >= 4 is 49.5 Å². The second-order valence-electron chi connectivity index (χ2n) is 11.1. The fourth-order valence-electron chi connectivity index (χ4n) is 4.73. The monoisotopic (exact) mass is 536 g/mol. The molecule has 202 valence electrons. The number of hydrogen-bond donors (Lipinski definition) is 3. The van der Waals surface area contributed by atoms with Crippen LogP contribution in [0, 0.1) is 0 Å². The number of nitrogens with zero attached hydrogens (tertiary/aromatic N) is 5. The Balaban J connectivity index is 1.40. The zero-order valence-electron chi connectivity index (χ0n) is 22.7. The molecule has 0 radical (unpaired) electrons. The van der Waals surface area contributed by atoms with Crippen LogP contribution in [0.4, 0.5) is 15.6 Å². The number of likely N-dealkylation sites (tertiary alicyclic amines) is 1. The molecule has 1 amide bonds. The predicted octanol–water partition coefficient (Wildman–Crippen LogP) is 4.88. The minimum atomic E-state index is -0.524. The molecule has 1 fully saturated rings. The van der Waals surface area contributed by atoms with Crippen LogP contribution in [-0.4, -0.2) is 81.7 Å². The number of likely N-dealkylation sites (N-methyl/N-ethyl adjacent to an activating group) is 1. The molecule has 0 aliphatic carbocycles. The Morgan fingerprint density at radius 1 is 1.24 bits per heavy atom. The van der Waals surface area contributed by atoms with E-state index in [0.29, 0.717) is 25.9 Å². The van der Waals surface area contributed by atoms with Crippen LogP contribution in [0.1, 0.15) is 39.3 Å². The third-order valence-electron chi connectivity index (χ3n) is 6.69. The number of aromatic nitrogens is 4. The van der Waals surface area contributed by atoms with Gasteiger partial charge in [-0.25, -0.2) is 19.7 Å². The van der Waals surface area contributed by atoms with Crippen LogP contribution in [0.25, 0.3) is 21.3 Å². The van der Waals surface area contributed by atoms with E-state index in [1.54, 1.807) is 22.6 Å². The Labute approximate surface area is 226 Å². The lowest BCUT2D eigenvalue weighted by Gasteiger charge is -2.42. The number of piperidine rings is 1. The number of amides is 1. The molecule has 1 aliphatic heterocycles. The van der Waals surface area contributed by atoms with Crippen LogP contribution >= 0.6 is 11.3 Å². The van der Waals surface area contributed by atoms with Crippen molar-refractivity contribution in [3.05, 3.63) is 42.5 Å². The number of benzene rings is 1. The van der Waals surface area contributed by atoms with Gasteiger partial charge < -0.3 is 30.2 Å². The smallest absolute Gasteiger partial charge is 0.410 e. The van der Waals surface area contributed by atoms with Gasteiger partial charge in [0.15, 0.2) is 5.13 Å². The molecule has 0 saturated carbocycles. The number of thiazole rings is 1. The van der Waals surface area contributed by atoms with Crippen LogP contribution < -0.4 is 10.6 Å². The maximum absolute atomic E-state index is 12.8. The Kier molecular flexibility index (Phi) is 7.15. The second kappa shape index (κ2) is 10.4. The zero-order valence-corrected chi connectivity index (χ0v) is 23.5. The van der Waals surface area contributed by atoms with Crippen molar-refractivity contribution < 1.29 is 9.53 Å². The van der Waals surface area contributed by atoms with Gasteiger partial charge in [-0.2, -0.15) is 0 Å². The first-order valence-electron chi connectivity index (χ1n) is 12.9. The quantitative estimate of drug-likeness (QED) is 0.307. The van der Waals surface area contributed by atoms with Crippen LogP contribution in [0.3, 0.4) is 0 Å². The highest BCUT2D eigenvalue weighted by Gasteiger charge is 2.40. The summed E-state index contributed by atoms with van der Waals surface area (Å²) in [6, 6.07) is 8.42.